The minimum Gasteiger partial charge on any atom is -0.393 e. The van der Waals surface area contributed by atoms with Crippen LogP contribution in [0.4, 0.5) is 17.5 Å². The monoisotopic (exact) mass is 492 g/mol. The third-order valence-corrected chi connectivity index (χ3v) is 7.52. The van der Waals surface area contributed by atoms with E-state index in [9.17, 15) is 13.5 Å². The van der Waals surface area contributed by atoms with Crippen LogP contribution in [0.3, 0.4) is 0 Å². The first-order valence-electron chi connectivity index (χ1n) is 11.5. The van der Waals surface area contributed by atoms with E-state index >= 15 is 0 Å². The molecule has 1 aliphatic heterocycles. The van der Waals surface area contributed by atoms with E-state index in [0.717, 1.165) is 42.8 Å². The molecule has 0 unspecified atom stereocenters. The molecule has 0 saturated carbocycles. The molecule has 1 aliphatic rings. The molecule has 0 amide bonds. The number of benzene rings is 2. The fourth-order valence-electron chi connectivity index (χ4n) is 4.54. The summed E-state index contributed by atoms with van der Waals surface area (Å²) in [6, 6.07) is 17.0. The molecular weight excluding hydrogens is 464 g/mol. The van der Waals surface area contributed by atoms with Gasteiger partial charge in [-0.15, -0.1) is 0 Å². The van der Waals surface area contributed by atoms with Crippen LogP contribution in [0.1, 0.15) is 18.4 Å². The molecule has 0 aliphatic carbocycles. The van der Waals surface area contributed by atoms with Crippen LogP contribution in [-0.2, 0) is 16.4 Å². The highest BCUT2D eigenvalue weighted by Gasteiger charge is 2.18. The molecule has 3 heterocycles. The van der Waals surface area contributed by atoms with Crippen LogP contribution in [0, 0.1) is 0 Å². The van der Waals surface area contributed by atoms with Gasteiger partial charge in [0.2, 0.25) is 5.95 Å². The zero-order valence-electron chi connectivity index (χ0n) is 19.4. The molecule has 5 rings (SSSR count). The minimum atomic E-state index is -3.37. The van der Waals surface area contributed by atoms with Gasteiger partial charge >= 0.3 is 0 Å². The molecule has 4 aromatic rings. The summed E-state index contributed by atoms with van der Waals surface area (Å²) < 4.78 is 26.4. The molecule has 0 atom stereocenters. The lowest BCUT2D eigenvalue weighted by atomic mass is 10.1. The van der Waals surface area contributed by atoms with Crippen LogP contribution in [0.5, 0.6) is 0 Å². The fraction of sp³-hybridized carbons (Fsp3) is 0.280. The van der Waals surface area contributed by atoms with Crippen molar-refractivity contribution in [2.75, 3.05) is 35.3 Å². The smallest absolute Gasteiger partial charge is 0.222 e. The summed E-state index contributed by atoms with van der Waals surface area (Å²) in [6.07, 6.45) is 4.47. The number of piperidine rings is 1. The van der Waals surface area contributed by atoms with Gasteiger partial charge in [0.05, 0.1) is 16.5 Å². The molecular formula is C25H28N6O3S. The standard InChI is InChI=1S/C25H28N6O3S/c1-35(33,34)22-5-3-2-4-17(22)16-27-24-23-21(28-25(26)29-24)12-15-31(23)19-8-6-18(7-9-19)30-13-10-20(32)11-14-30/h2-9,12,15,20,32H,10-11,13-14,16H2,1H3,(H3,26,27,28,29). The number of nitrogen functional groups attached to an aromatic ring is 1. The number of aliphatic hydroxyl groups excluding tert-OH is 1. The van der Waals surface area contributed by atoms with Crippen molar-refractivity contribution in [3.05, 3.63) is 66.4 Å². The van der Waals surface area contributed by atoms with Crippen molar-refractivity contribution in [1.82, 2.24) is 14.5 Å². The van der Waals surface area contributed by atoms with Gasteiger partial charge in [-0.25, -0.2) is 13.4 Å². The highest BCUT2D eigenvalue weighted by Crippen LogP contribution is 2.28. The van der Waals surface area contributed by atoms with Gasteiger partial charge in [0.1, 0.15) is 5.52 Å². The molecule has 35 heavy (non-hydrogen) atoms. The number of hydrogen-bond donors (Lipinski definition) is 3. The maximum absolute atomic E-state index is 12.2. The van der Waals surface area contributed by atoms with Crippen molar-refractivity contribution in [1.29, 1.82) is 0 Å². The van der Waals surface area contributed by atoms with E-state index in [1.54, 1.807) is 18.2 Å². The highest BCUT2D eigenvalue weighted by molar-refractivity contribution is 7.90. The first kappa shape index (κ1) is 23.1. The number of hydrogen-bond acceptors (Lipinski definition) is 8. The maximum atomic E-state index is 12.2. The van der Waals surface area contributed by atoms with E-state index < -0.39 is 9.84 Å². The van der Waals surface area contributed by atoms with Crippen molar-refractivity contribution < 1.29 is 13.5 Å². The van der Waals surface area contributed by atoms with Gasteiger partial charge in [-0.1, -0.05) is 18.2 Å². The quantitative estimate of drug-likeness (QED) is 0.375. The van der Waals surface area contributed by atoms with Gasteiger partial charge in [-0.05, 0) is 54.8 Å². The number of nitrogens with two attached hydrogens (primary N) is 1. The van der Waals surface area contributed by atoms with Gasteiger partial charge in [0, 0.05) is 43.5 Å². The number of sulfone groups is 1. The molecule has 2 aromatic heterocycles. The van der Waals surface area contributed by atoms with Crippen LogP contribution >= 0.6 is 0 Å². The van der Waals surface area contributed by atoms with Crippen LogP contribution in [0.15, 0.2) is 65.7 Å². The lowest BCUT2D eigenvalue weighted by molar-refractivity contribution is 0.145. The predicted octanol–water partition coefficient (Wildman–Crippen LogP) is 2.98. The Morgan fingerprint density at radius 2 is 1.71 bits per heavy atom. The third-order valence-electron chi connectivity index (χ3n) is 6.33. The van der Waals surface area contributed by atoms with Crippen molar-refractivity contribution in [2.45, 2.75) is 30.4 Å². The summed E-state index contributed by atoms with van der Waals surface area (Å²) in [4.78, 5) is 11.3. The minimum absolute atomic E-state index is 0.136. The number of anilines is 3. The Morgan fingerprint density at radius 3 is 2.43 bits per heavy atom. The second kappa shape index (κ2) is 9.20. The number of nitrogens with zero attached hydrogens (tertiary/aromatic N) is 4. The molecule has 4 N–H and O–H groups in total. The Balaban J connectivity index is 1.46. The molecule has 0 spiro atoms. The zero-order valence-corrected chi connectivity index (χ0v) is 20.2. The summed E-state index contributed by atoms with van der Waals surface area (Å²) in [7, 11) is -3.37. The average Bonchev–Trinajstić information content (AvgIpc) is 3.26. The van der Waals surface area contributed by atoms with Crippen LogP contribution in [0.2, 0.25) is 0 Å². The summed E-state index contributed by atoms with van der Waals surface area (Å²) in [5.74, 6) is 0.659. The third kappa shape index (κ3) is 4.80. The van der Waals surface area contributed by atoms with Crippen LogP contribution < -0.4 is 16.0 Å². The summed E-state index contributed by atoms with van der Waals surface area (Å²) in [5, 5.41) is 13.0. The average molecular weight is 493 g/mol. The molecule has 182 valence electrons. The normalized spacial score (nSPS) is 15.0. The van der Waals surface area contributed by atoms with Gasteiger partial charge < -0.3 is 25.6 Å². The Kier molecular flexibility index (Phi) is 6.08. The van der Waals surface area contributed by atoms with Gasteiger partial charge in [0.25, 0.3) is 0 Å². The Hall–Kier alpha value is -3.63. The SMILES string of the molecule is CS(=O)(=O)c1ccccc1CNc1nc(N)nc2ccn(-c3ccc(N4CCC(O)CC4)cc3)c12. The van der Waals surface area contributed by atoms with E-state index in [1.165, 1.54) is 6.26 Å². The zero-order chi connectivity index (χ0) is 24.6. The first-order chi connectivity index (χ1) is 16.8. The van der Waals surface area contributed by atoms with Gasteiger partial charge in [-0.3, -0.25) is 0 Å². The molecule has 2 aromatic carbocycles. The van der Waals surface area contributed by atoms with Gasteiger partial charge in [0.15, 0.2) is 15.7 Å². The van der Waals surface area contributed by atoms with E-state index in [4.69, 9.17) is 5.73 Å². The van der Waals surface area contributed by atoms with Crippen molar-refractivity contribution in [3.63, 3.8) is 0 Å². The number of fused-ring (bicyclic) bond motifs is 1. The van der Waals surface area contributed by atoms with Crippen LogP contribution in [-0.4, -0.2) is 53.5 Å². The number of rotatable bonds is 6. The fourth-order valence-corrected chi connectivity index (χ4v) is 5.48. The summed E-state index contributed by atoms with van der Waals surface area (Å²) in [5.41, 5.74) is 10.1. The lowest BCUT2D eigenvalue weighted by Crippen LogP contribution is -2.35. The van der Waals surface area contributed by atoms with E-state index in [2.05, 4.69) is 32.3 Å². The molecule has 1 fully saturated rings. The van der Waals surface area contributed by atoms with Crippen molar-refractivity contribution in [2.24, 2.45) is 0 Å². The molecule has 1 saturated heterocycles. The summed E-state index contributed by atoms with van der Waals surface area (Å²) >= 11 is 0. The Morgan fingerprint density at radius 1 is 1.03 bits per heavy atom. The van der Waals surface area contributed by atoms with E-state index in [0.29, 0.717) is 16.9 Å². The predicted molar refractivity (Wildman–Crippen MR) is 138 cm³/mol. The van der Waals surface area contributed by atoms with Crippen LogP contribution in [0.25, 0.3) is 16.7 Å². The molecule has 10 heteroatoms. The summed E-state index contributed by atoms with van der Waals surface area (Å²) in [6.45, 7) is 1.94. The molecule has 0 bridgehead atoms. The first-order valence-corrected chi connectivity index (χ1v) is 13.4. The lowest BCUT2D eigenvalue weighted by Gasteiger charge is -2.31. The number of aliphatic hydroxyl groups is 1. The molecule has 9 nitrogen and oxygen atoms in total. The van der Waals surface area contributed by atoms with Gasteiger partial charge in [-0.2, -0.15) is 4.98 Å². The number of nitrogens with one attached hydrogen (secondary N) is 1. The second-order valence-corrected chi connectivity index (χ2v) is 10.8. The molecule has 0 radical (unpaired) electrons. The number of aromatic nitrogens is 3. The highest BCUT2D eigenvalue weighted by atomic mass is 32.2. The van der Waals surface area contributed by atoms with E-state index in [-0.39, 0.29) is 23.5 Å². The largest absolute Gasteiger partial charge is 0.393 e. The Labute approximate surface area is 204 Å². The van der Waals surface area contributed by atoms with Crippen molar-refractivity contribution >= 4 is 38.3 Å². The Bertz CT molecular complexity index is 1460. The van der Waals surface area contributed by atoms with E-state index in [1.807, 2.05) is 35.0 Å². The van der Waals surface area contributed by atoms with Crippen molar-refractivity contribution in [3.8, 4) is 5.69 Å². The maximum Gasteiger partial charge on any atom is 0.222 e. The second-order valence-electron chi connectivity index (χ2n) is 8.82. The topological polar surface area (TPSA) is 126 Å².